The van der Waals surface area contributed by atoms with Crippen molar-refractivity contribution >= 4 is 27.3 Å². The molecule has 1 aliphatic rings. The Labute approximate surface area is 117 Å². The lowest BCUT2D eigenvalue weighted by atomic mass is 9.92. The van der Waals surface area contributed by atoms with Gasteiger partial charge in [-0.1, -0.05) is 13.3 Å². The van der Waals surface area contributed by atoms with Crippen molar-refractivity contribution in [1.29, 1.82) is 0 Å². The third-order valence-electron chi connectivity index (χ3n) is 3.79. The number of hydrogen-bond acceptors (Lipinski definition) is 2. The number of nitrogens with one attached hydrogen (secondary N) is 1. The van der Waals surface area contributed by atoms with Gasteiger partial charge in [-0.15, -0.1) is 11.3 Å². The summed E-state index contributed by atoms with van der Waals surface area (Å²) in [7, 11) is 0. The molecule has 0 radical (unpaired) electrons. The van der Waals surface area contributed by atoms with E-state index in [0.29, 0.717) is 0 Å². The lowest BCUT2D eigenvalue weighted by molar-refractivity contribution is 0.367. The molecule has 0 spiro atoms. The van der Waals surface area contributed by atoms with Gasteiger partial charge in [-0.05, 0) is 78.0 Å². The van der Waals surface area contributed by atoms with Gasteiger partial charge in [0, 0.05) is 9.35 Å². The molecule has 2 unspecified atom stereocenters. The molecule has 1 aliphatic carbocycles. The fourth-order valence-corrected chi connectivity index (χ4v) is 4.43. The fraction of sp³-hybridized carbons (Fsp3) is 0.714. The van der Waals surface area contributed by atoms with Crippen LogP contribution < -0.4 is 5.32 Å². The van der Waals surface area contributed by atoms with Gasteiger partial charge in [-0.3, -0.25) is 0 Å². The zero-order valence-corrected chi connectivity index (χ0v) is 12.9. The summed E-state index contributed by atoms with van der Waals surface area (Å²) in [6, 6.07) is 2.18. The predicted octanol–water partition coefficient (Wildman–Crippen LogP) is 4.47. The summed E-state index contributed by atoms with van der Waals surface area (Å²) < 4.78 is 1.31. The average Bonchev–Trinajstić information content (AvgIpc) is 2.91. The summed E-state index contributed by atoms with van der Waals surface area (Å²) >= 11 is 5.55. The first kappa shape index (κ1) is 13.6. The van der Waals surface area contributed by atoms with Crippen LogP contribution in [-0.4, -0.2) is 13.1 Å². The summed E-state index contributed by atoms with van der Waals surface area (Å²) in [6.45, 7) is 4.63. The Morgan fingerprint density at radius 3 is 2.94 bits per heavy atom. The quantitative estimate of drug-likeness (QED) is 0.764. The second-order valence-electron chi connectivity index (χ2n) is 5.05. The van der Waals surface area contributed by atoms with Gasteiger partial charge < -0.3 is 5.32 Å². The lowest BCUT2D eigenvalue weighted by Crippen LogP contribution is -2.26. The molecule has 0 amide bonds. The molecule has 1 nitrogen and oxygen atoms in total. The van der Waals surface area contributed by atoms with Gasteiger partial charge in [0.25, 0.3) is 0 Å². The van der Waals surface area contributed by atoms with E-state index in [0.717, 1.165) is 11.8 Å². The number of hydrogen-bond donors (Lipinski definition) is 1. The second kappa shape index (κ2) is 6.91. The summed E-state index contributed by atoms with van der Waals surface area (Å²) in [5.41, 5.74) is 0. The monoisotopic (exact) mass is 315 g/mol. The normalized spacial score (nSPS) is 24.4. The van der Waals surface area contributed by atoms with Gasteiger partial charge >= 0.3 is 0 Å². The third-order valence-corrected chi connectivity index (χ3v) is 5.74. The fourth-order valence-electron chi connectivity index (χ4n) is 2.82. The SMILES string of the molecule is CCCNCC1CCCC1Cc1sccc1Br. The van der Waals surface area contributed by atoms with Crippen molar-refractivity contribution in [3.05, 3.63) is 20.8 Å². The molecular formula is C14H22BrNS. The molecule has 1 N–H and O–H groups in total. The number of thiophene rings is 1. The molecule has 17 heavy (non-hydrogen) atoms. The standard InChI is InChI=1S/C14H22BrNS/c1-2-7-16-10-12-5-3-4-11(12)9-14-13(15)6-8-17-14/h6,8,11-12,16H,2-5,7,9-10H2,1H3. The summed E-state index contributed by atoms with van der Waals surface area (Å²) in [5.74, 6) is 1.80. The highest BCUT2D eigenvalue weighted by atomic mass is 79.9. The Kier molecular flexibility index (Phi) is 5.51. The van der Waals surface area contributed by atoms with Crippen LogP contribution in [-0.2, 0) is 6.42 Å². The third kappa shape index (κ3) is 3.80. The maximum absolute atomic E-state index is 3.65. The van der Waals surface area contributed by atoms with Crippen LogP contribution in [0.5, 0.6) is 0 Å². The number of rotatable bonds is 6. The zero-order valence-electron chi connectivity index (χ0n) is 10.5. The van der Waals surface area contributed by atoms with E-state index < -0.39 is 0 Å². The smallest absolute Gasteiger partial charge is 0.0314 e. The summed E-state index contributed by atoms with van der Waals surface area (Å²) in [4.78, 5) is 1.54. The molecule has 1 fully saturated rings. The van der Waals surface area contributed by atoms with E-state index >= 15 is 0 Å². The molecule has 1 saturated carbocycles. The minimum Gasteiger partial charge on any atom is -0.316 e. The topological polar surface area (TPSA) is 12.0 Å². The Morgan fingerprint density at radius 2 is 2.24 bits per heavy atom. The van der Waals surface area contributed by atoms with Crippen LogP contribution in [0.1, 0.15) is 37.5 Å². The minimum absolute atomic E-state index is 0.898. The van der Waals surface area contributed by atoms with E-state index in [2.05, 4.69) is 39.6 Å². The summed E-state index contributed by atoms with van der Waals surface area (Å²) in [5, 5.41) is 5.79. The van der Waals surface area contributed by atoms with Gasteiger partial charge in [-0.25, -0.2) is 0 Å². The Hall–Kier alpha value is 0.140. The van der Waals surface area contributed by atoms with E-state index in [4.69, 9.17) is 0 Å². The van der Waals surface area contributed by atoms with Crippen molar-refractivity contribution < 1.29 is 0 Å². The molecule has 0 bridgehead atoms. The van der Waals surface area contributed by atoms with Gasteiger partial charge in [-0.2, -0.15) is 0 Å². The summed E-state index contributed by atoms with van der Waals surface area (Å²) in [6.07, 6.45) is 6.78. The van der Waals surface area contributed by atoms with Crippen molar-refractivity contribution in [3.8, 4) is 0 Å². The highest BCUT2D eigenvalue weighted by molar-refractivity contribution is 9.10. The maximum Gasteiger partial charge on any atom is 0.0314 e. The molecule has 3 heteroatoms. The Balaban J connectivity index is 1.84. The van der Waals surface area contributed by atoms with Crippen LogP contribution in [0, 0.1) is 11.8 Å². The van der Waals surface area contributed by atoms with Gasteiger partial charge in [0.15, 0.2) is 0 Å². The van der Waals surface area contributed by atoms with E-state index in [1.165, 1.54) is 54.5 Å². The molecule has 1 aromatic heterocycles. The lowest BCUT2D eigenvalue weighted by Gasteiger charge is -2.19. The van der Waals surface area contributed by atoms with Crippen molar-refractivity contribution in [2.45, 2.75) is 39.0 Å². The molecule has 0 saturated heterocycles. The predicted molar refractivity (Wildman–Crippen MR) is 79.7 cm³/mol. The first-order valence-electron chi connectivity index (χ1n) is 6.73. The molecular weight excluding hydrogens is 294 g/mol. The van der Waals surface area contributed by atoms with Gasteiger partial charge in [0.05, 0.1) is 0 Å². The molecule has 2 rings (SSSR count). The van der Waals surface area contributed by atoms with E-state index in [9.17, 15) is 0 Å². The Morgan fingerprint density at radius 1 is 1.41 bits per heavy atom. The van der Waals surface area contributed by atoms with E-state index in [-0.39, 0.29) is 0 Å². The van der Waals surface area contributed by atoms with Crippen molar-refractivity contribution in [2.24, 2.45) is 11.8 Å². The molecule has 0 aliphatic heterocycles. The second-order valence-corrected chi connectivity index (χ2v) is 6.91. The average molecular weight is 316 g/mol. The molecule has 96 valence electrons. The van der Waals surface area contributed by atoms with Crippen LogP contribution in [0.25, 0.3) is 0 Å². The van der Waals surface area contributed by atoms with Crippen molar-refractivity contribution in [2.75, 3.05) is 13.1 Å². The minimum atomic E-state index is 0.898. The van der Waals surface area contributed by atoms with Gasteiger partial charge in [0.1, 0.15) is 0 Å². The largest absolute Gasteiger partial charge is 0.316 e. The molecule has 1 heterocycles. The van der Waals surface area contributed by atoms with Crippen molar-refractivity contribution in [3.63, 3.8) is 0 Å². The van der Waals surface area contributed by atoms with Gasteiger partial charge in [0.2, 0.25) is 0 Å². The van der Waals surface area contributed by atoms with Crippen LogP contribution in [0.15, 0.2) is 15.9 Å². The number of halogens is 1. The first-order chi connectivity index (χ1) is 8.31. The van der Waals surface area contributed by atoms with Crippen LogP contribution >= 0.6 is 27.3 Å². The Bertz CT molecular complexity index is 337. The molecule has 2 atom stereocenters. The highest BCUT2D eigenvalue weighted by Crippen LogP contribution is 2.36. The molecule has 0 aromatic carbocycles. The van der Waals surface area contributed by atoms with Crippen LogP contribution in [0.3, 0.4) is 0 Å². The van der Waals surface area contributed by atoms with Crippen molar-refractivity contribution in [1.82, 2.24) is 5.32 Å². The zero-order chi connectivity index (χ0) is 12.1. The van der Waals surface area contributed by atoms with E-state index in [1.54, 1.807) is 0 Å². The first-order valence-corrected chi connectivity index (χ1v) is 8.41. The highest BCUT2D eigenvalue weighted by Gasteiger charge is 2.27. The molecule has 1 aromatic rings. The van der Waals surface area contributed by atoms with E-state index in [1.807, 2.05) is 11.3 Å². The maximum atomic E-state index is 3.65. The van der Waals surface area contributed by atoms with Crippen LogP contribution in [0.2, 0.25) is 0 Å². The van der Waals surface area contributed by atoms with Crippen LogP contribution in [0.4, 0.5) is 0 Å².